The Morgan fingerprint density at radius 2 is 1.78 bits per heavy atom. The third-order valence-corrected chi connectivity index (χ3v) is 4.28. The van der Waals surface area contributed by atoms with E-state index in [1.807, 2.05) is 6.07 Å². The summed E-state index contributed by atoms with van der Waals surface area (Å²) in [4.78, 5) is 0. The van der Waals surface area contributed by atoms with Gasteiger partial charge < -0.3 is 9.84 Å². The van der Waals surface area contributed by atoms with E-state index < -0.39 is 6.10 Å². The number of nitrogens with zero attached hydrogens (tertiary/aromatic N) is 1. The number of nitrogens with one attached hydrogen (secondary N) is 1. The van der Waals surface area contributed by atoms with Crippen molar-refractivity contribution in [2.45, 2.75) is 6.10 Å². The van der Waals surface area contributed by atoms with E-state index in [0.29, 0.717) is 15.7 Å². The number of aliphatic hydroxyl groups is 1. The van der Waals surface area contributed by atoms with Gasteiger partial charge in [-0.2, -0.15) is 5.10 Å². The van der Waals surface area contributed by atoms with Crippen molar-refractivity contribution in [1.82, 2.24) is 10.2 Å². The van der Waals surface area contributed by atoms with Crippen molar-refractivity contribution in [2.24, 2.45) is 0 Å². The molecular formula is C17H14Cl2N2O2. The molecule has 3 rings (SSSR count). The number of hydrogen-bond acceptors (Lipinski definition) is 3. The Hall–Kier alpha value is -2.01. The van der Waals surface area contributed by atoms with E-state index in [1.165, 1.54) is 0 Å². The summed E-state index contributed by atoms with van der Waals surface area (Å²) in [6.07, 6.45) is -0.825. The Labute approximate surface area is 143 Å². The summed E-state index contributed by atoms with van der Waals surface area (Å²) in [6, 6.07) is 14.3. The highest BCUT2D eigenvalue weighted by Crippen LogP contribution is 2.30. The van der Waals surface area contributed by atoms with Crippen LogP contribution in [0.3, 0.4) is 0 Å². The summed E-state index contributed by atoms with van der Waals surface area (Å²) >= 11 is 12.0. The lowest BCUT2D eigenvalue weighted by atomic mass is 10.1. The fourth-order valence-corrected chi connectivity index (χ4v) is 2.54. The molecule has 0 fully saturated rings. The number of aromatic amines is 1. The van der Waals surface area contributed by atoms with Crippen molar-refractivity contribution in [1.29, 1.82) is 0 Å². The molecular weight excluding hydrogens is 335 g/mol. The van der Waals surface area contributed by atoms with Crippen LogP contribution in [0.25, 0.3) is 11.3 Å². The molecule has 4 nitrogen and oxygen atoms in total. The minimum atomic E-state index is -0.825. The Morgan fingerprint density at radius 1 is 1.04 bits per heavy atom. The summed E-state index contributed by atoms with van der Waals surface area (Å²) in [5, 5.41) is 18.5. The van der Waals surface area contributed by atoms with Crippen molar-refractivity contribution < 1.29 is 9.84 Å². The molecule has 0 spiro atoms. The zero-order valence-corrected chi connectivity index (χ0v) is 13.8. The molecule has 6 heteroatoms. The molecule has 1 heterocycles. The molecule has 2 aromatic carbocycles. The molecule has 0 unspecified atom stereocenters. The number of halogens is 2. The van der Waals surface area contributed by atoms with Gasteiger partial charge in [0.25, 0.3) is 0 Å². The number of methoxy groups -OCH3 is 1. The molecule has 0 radical (unpaired) electrons. The highest BCUT2D eigenvalue weighted by Gasteiger charge is 2.15. The number of benzene rings is 2. The fourth-order valence-electron chi connectivity index (χ4n) is 2.25. The maximum atomic E-state index is 10.4. The lowest BCUT2D eigenvalue weighted by Crippen LogP contribution is -1.99. The van der Waals surface area contributed by atoms with Crippen LogP contribution in [0.2, 0.25) is 10.0 Å². The third-order valence-electron chi connectivity index (χ3n) is 3.54. The van der Waals surface area contributed by atoms with Crippen LogP contribution in [-0.2, 0) is 0 Å². The van der Waals surface area contributed by atoms with E-state index >= 15 is 0 Å². The monoisotopic (exact) mass is 348 g/mol. The summed E-state index contributed by atoms with van der Waals surface area (Å²) in [5.41, 5.74) is 2.86. The first-order valence-corrected chi connectivity index (χ1v) is 7.67. The minimum Gasteiger partial charge on any atom is -0.497 e. The van der Waals surface area contributed by atoms with Crippen LogP contribution in [-0.4, -0.2) is 22.4 Å². The minimum absolute atomic E-state index is 0.469. The number of hydrogen-bond donors (Lipinski definition) is 2. The molecule has 0 saturated carbocycles. The number of aromatic nitrogens is 2. The second-order valence-corrected chi connectivity index (χ2v) is 5.83. The van der Waals surface area contributed by atoms with Gasteiger partial charge >= 0.3 is 0 Å². The molecule has 0 aliphatic heterocycles. The first kappa shape index (κ1) is 15.9. The SMILES string of the molecule is COc1ccc([C@@H](O)c2cc(-c3ccc(Cl)c(Cl)c3)[nH]n2)cc1. The van der Waals surface area contributed by atoms with Crippen LogP contribution in [0.5, 0.6) is 5.75 Å². The van der Waals surface area contributed by atoms with E-state index in [-0.39, 0.29) is 0 Å². The highest BCUT2D eigenvalue weighted by atomic mass is 35.5. The lowest BCUT2D eigenvalue weighted by molar-refractivity contribution is 0.215. The van der Waals surface area contributed by atoms with Crippen LogP contribution >= 0.6 is 23.2 Å². The van der Waals surface area contributed by atoms with Gasteiger partial charge in [-0.05, 0) is 35.9 Å². The second-order valence-electron chi connectivity index (χ2n) is 5.01. The Kier molecular flexibility index (Phi) is 4.57. The number of rotatable bonds is 4. The van der Waals surface area contributed by atoms with Gasteiger partial charge in [-0.3, -0.25) is 5.10 Å². The Bertz CT molecular complexity index is 816. The van der Waals surface area contributed by atoms with Gasteiger partial charge in [0, 0.05) is 5.56 Å². The number of ether oxygens (including phenoxy) is 1. The van der Waals surface area contributed by atoms with Gasteiger partial charge in [0.05, 0.1) is 28.5 Å². The first-order valence-electron chi connectivity index (χ1n) is 6.91. The molecule has 0 saturated heterocycles. The zero-order valence-electron chi connectivity index (χ0n) is 12.3. The van der Waals surface area contributed by atoms with Crippen LogP contribution in [0.15, 0.2) is 48.5 Å². The standard InChI is InChI=1S/C17H14Cl2N2O2/c1-23-12-5-2-10(3-6-12)17(22)16-9-15(20-21-16)11-4-7-13(18)14(19)8-11/h2-9,17,22H,1H3,(H,20,21)/t17-/m1/s1. The van der Waals surface area contributed by atoms with Crippen LogP contribution in [0, 0.1) is 0 Å². The summed E-state index contributed by atoms with van der Waals surface area (Å²) < 4.78 is 5.11. The largest absolute Gasteiger partial charge is 0.497 e. The molecule has 0 bridgehead atoms. The summed E-state index contributed by atoms with van der Waals surface area (Å²) in [7, 11) is 1.60. The third kappa shape index (κ3) is 3.34. The van der Waals surface area contributed by atoms with Crippen LogP contribution in [0.1, 0.15) is 17.4 Å². The van der Waals surface area contributed by atoms with E-state index in [0.717, 1.165) is 22.6 Å². The van der Waals surface area contributed by atoms with Crippen molar-refractivity contribution in [3.63, 3.8) is 0 Å². The quantitative estimate of drug-likeness (QED) is 0.730. The first-order chi connectivity index (χ1) is 11.1. The van der Waals surface area contributed by atoms with E-state index in [9.17, 15) is 5.11 Å². The Morgan fingerprint density at radius 3 is 2.43 bits per heavy atom. The predicted molar refractivity (Wildman–Crippen MR) is 91.1 cm³/mol. The van der Waals surface area contributed by atoms with E-state index in [4.69, 9.17) is 27.9 Å². The van der Waals surface area contributed by atoms with Gasteiger partial charge in [0.2, 0.25) is 0 Å². The van der Waals surface area contributed by atoms with E-state index in [2.05, 4.69) is 10.2 Å². The molecule has 1 aromatic heterocycles. The maximum absolute atomic E-state index is 10.4. The average Bonchev–Trinajstić information content (AvgIpc) is 3.07. The molecule has 0 aliphatic carbocycles. The molecule has 0 amide bonds. The fraction of sp³-hybridized carbons (Fsp3) is 0.118. The zero-order chi connectivity index (χ0) is 16.4. The molecule has 118 valence electrons. The number of aliphatic hydroxyl groups excluding tert-OH is 1. The van der Waals surface area contributed by atoms with Gasteiger partial charge in [-0.15, -0.1) is 0 Å². The highest BCUT2D eigenvalue weighted by molar-refractivity contribution is 6.42. The number of H-pyrrole nitrogens is 1. The summed E-state index contributed by atoms with van der Waals surface area (Å²) in [6.45, 7) is 0. The Balaban J connectivity index is 1.86. The molecule has 1 atom stereocenters. The van der Waals surface area contributed by atoms with E-state index in [1.54, 1.807) is 49.6 Å². The van der Waals surface area contributed by atoms with Crippen LogP contribution < -0.4 is 4.74 Å². The average molecular weight is 349 g/mol. The van der Waals surface area contributed by atoms with Crippen molar-refractivity contribution in [3.05, 3.63) is 69.8 Å². The molecule has 23 heavy (non-hydrogen) atoms. The van der Waals surface area contributed by atoms with Gasteiger partial charge in [0.15, 0.2) is 0 Å². The lowest BCUT2D eigenvalue weighted by Gasteiger charge is -2.08. The smallest absolute Gasteiger partial charge is 0.123 e. The van der Waals surface area contributed by atoms with Crippen molar-refractivity contribution in [3.8, 4) is 17.0 Å². The summed E-state index contributed by atoms with van der Waals surface area (Å²) in [5.74, 6) is 0.736. The van der Waals surface area contributed by atoms with Crippen LogP contribution in [0.4, 0.5) is 0 Å². The van der Waals surface area contributed by atoms with Gasteiger partial charge in [-0.1, -0.05) is 41.4 Å². The van der Waals surface area contributed by atoms with Crippen molar-refractivity contribution >= 4 is 23.2 Å². The molecule has 2 N–H and O–H groups in total. The predicted octanol–water partition coefficient (Wildman–Crippen LogP) is 4.47. The normalized spacial score (nSPS) is 12.2. The second kappa shape index (κ2) is 6.62. The topological polar surface area (TPSA) is 58.1 Å². The molecule has 0 aliphatic rings. The maximum Gasteiger partial charge on any atom is 0.123 e. The van der Waals surface area contributed by atoms with Crippen molar-refractivity contribution in [2.75, 3.05) is 7.11 Å². The van der Waals surface area contributed by atoms with Gasteiger partial charge in [-0.25, -0.2) is 0 Å². The van der Waals surface area contributed by atoms with Gasteiger partial charge in [0.1, 0.15) is 11.9 Å². The molecule has 3 aromatic rings.